The van der Waals surface area contributed by atoms with E-state index in [0.717, 1.165) is 6.20 Å². The third-order valence-electron chi connectivity index (χ3n) is 5.55. The highest BCUT2D eigenvalue weighted by Crippen LogP contribution is 2.24. The third kappa shape index (κ3) is 3.99. The summed E-state index contributed by atoms with van der Waals surface area (Å²) in [6.07, 6.45) is 1.96. The Labute approximate surface area is 192 Å². The van der Waals surface area contributed by atoms with Crippen molar-refractivity contribution in [2.45, 2.75) is 0 Å². The highest BCUT2D eigenvalue weighted by Gasteiger charge is 2.31. The van der Waals surface area contributed by atoms with Crippen LogP contribution in [0.5, 0.6) is 0 Å². The van der Waals surface area contributed by atoms with Gasteiger partial charge in [0, 0.05) is 32.4 Å². The Kier molecular flexibility index (Phi) is 6.10. The molecule has 0 bridgehead atoms. The van der Waals surface area contributed by atoms with Gasteiger partial charge in [0.05, 0.1) is 28.4 Å². The molecule has 2 aromatic heterocycles. The zero-order valence-corrected chi connectivity index (χ0v) is 17.9. The first-order valence-electron chi connectivity index (χ1n) is 10.2. The molecule has 3 aromatic rings. The van der Waals surface area contributed by atoms with Gasteiger partial charge in [-0.2, -0.15) is 0 Å². The lowest BCUT2D eigenvalue weighted by Crippen LogP contribution is -2.57. The molecule has 1 aromatic carbocycles. The molecule has 176 valence electrons. The molecule has 2 amide bonds. The zero-order chi connectivity index (χ0) is 24.4. The number of aromatic amines is 1. The number of anilines is 1. The number of fused-ring (bicyclic) bond motifs is 1. The summed E-state index contributed by atoms with van der Waals surface area (Å²) in [5.41, 5.74) is 5.46. The Balaban J connectivity index is 1.48. The van der Waals surface area contributed by atoms with Crippen molar-refractivity contribution in [3.8, 4) is 0 Å². The van der Waals surface area contributed by atoms with Crippen LogP contribution < -0.4 is 22.4 Å². The standard InChI is InChI=1S/C21H22FN9O3/c22-14-11-27-17(19(23)33)16-15(14)13(10-26-16)18(32)20(34)29-6-8-30(9-7-29)21(28-24)31(25)12-4-2-1-3-5-12/h1-5,10-11,26H,6-9,24-25H2,(H2,23,33)/b28-21-. The second-order valence-electron chi connectivity index (χ2n) is 7.51. The van der Waals surface area contributed by atoms with Crippen LogP contribution in [-0.2, 0) is 4.79 Å². The number of carbonyl (C=O) groups is 3. The van der Waals surface area contributed by atoms with E-state index in [-0.39, 0.29) is 35.2 Å². The maximum Gasteiger partial charge on any atom is 0.295 e. The topological polar surface area (TPSA) is 180 Å². The average molecular weight is 467 g/mol. The number of guanidine groups is 1. The van der Waals surface area contributed by atoms with Gasteiger partial charge < -0.3 is 26.4 Å². The van der Waals surface area contributed by atoms with Gasteiger partial charge in [-0.3, -0.25) is 14.4 Å². The number of nitrogens with one attached hydrogen (secondary N) is 1. The number of piperazine rings is 1. The Morgan fingerprint density at radius 1 is 1.09 bits per heavy atom. The summed E-state index contributed by atoms with van der Waals surface area (Å²) >= 11 is 0. The van der Waals surface area contributed by atoms with E-state index in [0.29, 0.717) is 24.7 Å². The van der Waals surface area contributed by atoms with Crippen molar-refractivity contribution in [1.82, 2.24) is 19.8 Å². The summed E-state index contributed by atoms with van der Waals surface area (Å²) < 4.78 is 14.4. The number of ketones is 1. The molecule has 0 atom stereocenters. The van der Waals surface area contributed by atoms with E-state index in [9.17, 15) is 18.8 Å². The number of hydrogen-bond donors (Lipinski definition) is 4. The highest BCUT2D eigenvalue weighted by molar-refractivity contribution is 6.45. The van der Waals surface area contributed by atoms with E-state index in [1.807, 2.05) is 18.2 Å². The number of hydrazone groups is 1. The van der Waals surface area contributed by atoms with Gasteiger partial charge in [-0.1, -0.05) is 18.2 Å². The minimum atomic E-state index is -0.919. The lowest BCUT2D eigenvalue weighted by Gasteiger charge is -2.38. The number of hydrazine groups is 1. The molecule has 0 saturated carbocycles. The molecule has 1 fully saturated rings. The summed E-state index contributed by atoms with van der Waals surface area (Å²) in [6.45, 7) is 0.997. The maximum atomic E-state index is 14.4. The van der Waals surface area contributed by atoms with Gasteiger partial charge in [0.2, 0.25) is 5.96 Å². The fraction of sp³-hybridized carbons (Fsp3) is 0.190. The number of aromatic nitrogens is 2. The summed E-state index contributed by atoms with van der Waals surface area (Å²) in [4.78, 5) is 46.8. The summed E-state index contributed by atoms with van der Waals surface area (Å²) in [5.74, 6) is 8.55. The maximum absolute atomic E-state index is 14.4. The monoisotopic (exact) mass is 467 g/mol. The first-order chi connectivity index (χ1) is 16.3. The normalized spacial score (nSPS) is 14.4. The number of primary amides is 1. The molecule has 12 nitrogen and oxygen atoms in total. The number of amides is 2. The van der Waals surface area contributed by atoms with Crippen LogP contribution in [0.1, 0.15) is 20.8 Å². The van der Waals surface area contributed by atoms with Crippen molar-refractivity contribution < 1.29 is 18.8 Å². The van der Waals surface area contributed by atoms with Crippen LogP contribution in [-0.4, -0.2) is 69.5 Å². The van der Waals surface area contributed by atoms with Gasteiger partial charge in [-0.15, -0.1) is 5.10 Å². The Bertz CT molecular complexity index is 1280. The fourth-order valence-electron chi connectivity index (χ4n) is 3.84. The molecule has 7 N–H and O–H groups in total. The van der Waals surface area contributed by atoms with Gasteiger partial charge >= 0.3 is 0 Å². The lowest BCUT2D eigenvalue weighted by atomic mass is 10.1. The van der Waals surface area contributed by atoms with E-state index < -0.39 is 23.4 Å². The van der Waals surface area contributed by atoms with Crippen molar-refractivity contribution in [2.75, 3.05) is 31.2 Å². The number of hydrogen-bond acceptors (Lipinski definition) is 7. The number of pyridine rings is 1. The molecule has 0 unspecified atom stereocenters. The number of benzene rings is 1. The van der Waals surface area contributed by atoms with Crippen molar-refractivity contribution in [1.29, 1.82) is 0 Å². The highest BCUT2D eigenvalue weighted by atomic mass is 19.1. The van der Waals surface area contributed by atoms with Crippen LogP contribution in [0.15, 0.2) is 47.8 Å². The number of nitrogens with zero attached hydrogens (tertiary/aromatic N) is 5. The quantitative estimate of drug-likeness (QED) is 0.101. The number of carbonyl (C=O) groups excluding carboxylic acids is 3. The molecule has 0 aliphatic carbocycles. The van der Waals surface area contributed by atoms with Gasteiger partial charge in [-0.05, 0) is 12.1 Å². The second-order valence-corrected chi connectivity index (χ2v) is 7.51. The average Bonchev–Trinajstić information content (AvgIpc) is 3.30. The molecule has 1 aliphatic rings. The molecule has 3 heterocycles. The number of halogens is 1. The second kappa shape index (κ2) is 9.15. The number of nitrogens with two attached hydrogens (primary N) is 3. The van der Waals surface area contributed by atoms with Crippen LogP contribution >= 0.6 is 0 Å². The van der Waals surface area contributed by atoms with Crippen molar-refractivity contribution in [3.63, 3.8) is 0 Å². The third-order valence-corrected chi connectivity index (χ3v) is 5.55. The predicted octanol–water partition coefficient (Wildman–Crippen LogP) is -0.262. The largest absolute Gasteiger partial charge is 0.364 e. The predicted molar refractivity (Wildman–Crippen MR) is 122 cm³/mol. The molecular formula is C21H22FN9O3. The van der Waals surface area contributed by atoms with E-state index in [2.05, 4.69) is 15.1 Å². The molecule has 34 heavy (non-hydrogen) atoms. The van der Waals surface area contributed by atoms with Crippen molar-refractivity contribution in [3.05, 3.63) is 59.8 Å². The van der Waals surface area contributed by atoms with Crippen LogP contribution in [0.4, 0.5) is 10.1 Å². The Hall–Kier alpha value is -4.52. The minimum Gasteiger partial charge on any atom is -0.364 e. The number of Topliss-reactive ketones (excluding diaryl/α,β-unsaturated/α-hetero) is 1. The van der Waals surface area contributed by atoms with Gasteiger partial charge in [0.15, 0.2) is 11.5 Å². The van der Waals surface area contributed by atoms with Crippen molar-refractivity contribution in [2.24, 2.45) is 22.5 Å². The molecule has 13 heteroatoms. The van der Waals surface area contributed by atoms with E-state index in [1.165, 1.54) is 16.1 Å². The first-order valence-corrected chi connectivity index (χ1v) is 10.2. The summed E-state index contributed by atoms with van der Waals surface area (Å²) in [7, 11) is 0. The minimum absolute atomic E-state index is 0.0405. The van der Waals surface area contributed by atoms with Crippen LogP contribution in [0.2, 0.25) is 0 Å². The number of para-hydroxylation sites is 1. The zero-order valence-electron chi connectivity index (χ0n) is 17.9. The van der Waals surface area contributed by atoms with E-state index in [4.69, 9.17) is 17.4 Å². The van der Waals surface area contributed by atoms with E-state index in [1.54, 1.807) is 17.0 Å². The molecule has 4 rings (SSSR count). The first kappa shape index (κ1) is 22.7. The number of H-pyrrole nitrogens is 1. The van der Waals surface area contributed by atoms with E-state index >= 15 is 0 Å². The smallest absolute Gasteiger partial charge is 0.295 e. The molecule has 1 saturated heterocycles. The molecule has 0 spiro atoms. The SMILES string of the molecule is N/N=C(/N1CCN(C(=O)C(=O)c2c[nH]c3c(C(N)=O)ncc(F)c23)CC1)N(N)c1ccccc1. The van der Waals surface area contributed by atoms with Crippen molar-refractivity contribution >= 4 is 40.1 Å². The Morgan fingerprint density at radius 2 is 1.74 bits per heavy atom. The van der Waals surface area contributed by atoms with Gasteiger partial charge in [0.1, 0.15) is 0 Å². The summed E-state index contributed by atoms with van der Waals surface area (Å²) in [6, 6.07) is 9.08. The van der Waals surface area contributed by atoms with Crippen LogP contribution in [0, 0.1) is 5.82 Å². The van der Waals surface area contributed by atoms with Crippen LogP contribution in [0.3, 0.4) is 0 Å². The van der Waals surface area contributed by atoms with Gasteiger partial charge in [0.25, 0.3) is 17.6 Å². The fourth-order valence-corrected chi connectivity index (χ4v) is 3.84. The summed E-state index contributed by atoms with van der Waals surface area (Å²) in [5, 5.41) is 4.91. The van der Waals surface area contributed by atoms with Crippen LogP contribution in [0.25, 0.3) is 10.9 Å². The molecule has 0 radical (unpaired) electrons. The van der Waals surface area contributed by atoms with Gasteiger partial charge in [-0.25, -0.2) is 20.2 Å². The molecular weight excluding hydrogens is 445 g/mol. The lowest BCUT2D eigenvalue weighted by molar-refractivity contribution is -0.127. The Morgan fingerprint density at radius 3 is 2.35 bits per heavy atom. The number of rotatable bonds is 4. The molecule has 1 aliphatic heterocycles.